The molecule has 3 nitrogen and oxygen atoms in total. The SMILES string of the molecule is O=C(NNSc1ccccc1)c1cccc(-c2ccccc2F)c1. The summed E-state index contributed by atoms with van der Waals surface area (Å²) in [6, 6.07) is 23.0. The van der Waals surface area contributed by atoms with Crippen LogP contribution in [0, 0.1) is 5.82 Å². The molecule has 1 amide bonds. The van der Waals surface area contributed by atoms with Crippen molar-refractivity contribution in [1.82, 2.24) is 10.3 Å². The van der Waals surface area contributed by atoms with Crippen LogP contribution in [0.25, 0.3) is 11.1 Å². The molecule has 0 unspecified atom stereocenters. The van der Waals surface area contributed by atoms with Gasteiger partial charge in [0.2, 0.25) is 0 Å². The molecule has 3 rings (SSSR count). The Hall–Kier alpha value is -2.63. The summed E-state index contributed by atoms with van der Waals surface area (Å²) >= 11 is 1.30. The van der Waals surface area contributed by atoms with Crippen LogP contribution >= 0.6 is 11.9 Å². The monoisotopic (exact) mass is 338 g/mol. The number of halogens is 1. The predicted molar refractivity (Wildman–Crippen MR) is 94.7 cm³/mol. The van der Waals surface area contributed by atoms with Gasteiger partial charge in [-0.1, -0.05) is 48.5 Å². The van der Waals surface area contributed by atoms with Crippen molar-refractivity contribution in [2.75, 3.05) is 0 Å². The first-order valence-corrected chi connectivity index (χ1v) is 8.18. The smallest absolute Gasteiger partial charge is 0.266 e. The summed E-state index contributed by atoms with van der Waals surface area (Å²) in [5.41, 5.74) is 4.21. The maximum absolute atomic E-state index is 13.9. The quantitative estimate of drug-likeness (QED) is 0.534. The van der Waals surface area contributed by atoms with Gasteiger partial charge in [-0.2, -0.15) is 4.83 Å². The van der Waals surface area contributed by atoms with Crippen LogP contribution in [0.4, 0.5) is 4.39 Å². The average molecular weight is 338 g/mol. The zero-order valence-corrected chi connectivity index (χ0v) is 13.5. The molecule has 3 aromatic carbocycles. The second kappa shape index (κ2) is 7.77. The fraction of sp³-hybridized carbons (Fsp3) is 0. The van der Waals surface area contributed by atoms with Gasteiger partial charge in [0.05, 0.1) is 0 Å². The van der Waals surface area contributed by atoms with Gasteiger partial charge in [-0.3, -0.25) is 10.2 Å². The largest absolute Gasteiger partial charge is 0.277 e. The van der Waals surface area contributed by atoms with Crippen molar-refractivity contribution >= 4 is 17.9 Å². The number of amides is 1. The maximum Gasteiger partial charge on any atom is 0.266 e. The molecule has 0 aliphatic carbocycles. The van der Waals surface area contributed by atoms with E-state index in [0.717, 1.165) is 4.90 Å². The molecule has 0 aliphatic heterocycles. The van der Waals surface area contributed by atoms with E-state index in [-0.39, 0.29) is 11.7 Å². The van der Waals surface area contributed by atoms with Gasteiger partial charge in [-0.25, -0.2) is 4.39 Å². The van der Waals surface area contributed by atoms with Crippen LogP contribution in [0.1, 0.15) is 10.4 Å². The summed E-state index contributed by atoms with van der Waals surface area (Å²) in [6.07, 6.45) is 0. The Morgan fingerprint density at radius 1 is 0.875 bits per heavy atom. The first-order valence-electron chi connectivity index (χ1n) is 7.36. The second-order valence-corrected chi connectivity index (χ2v) is 5.91. The molecule has 5 heteroatoms. The molecule has 0 atom stereocenters. The molecule has 0 radical (unpaired) electrons. The molecule has 0 spiro atoms. The van der Waals surface area contributed by atoms with Crippen molar-refractivity contribution in [1.29, 1.82) is 0 Å². The van der Waals surface area contributed by atoms with E-state index in [2.05, 4.69) is 10.3 Å². The van der Waals surface area contributed by atoms with Crippen LogP contribution in [-0.4, -0.2) is 5.91 Å². The molecule has 2 N–H and O–H groups in total. The zero-order chi connectivity index (χ0) is 16.8. The van der Waals surface area contributed by atoms with Crippen molar-refractivity contribution in [3.8, 4) is 11.1 Å². The highest BCUT2D eigenvalue weighted by molar-refractivity contribution is 7.97. The Kier molecular flexibility index (Phi) is 5.25. The zero-order valence-electron chi connectivity index (χ0n) is 12.7. The number of carbonyl (C=O) groups excluding carboxylic acids is 1. The Morgan fingerprint density at radius 2 is 1.62 bits per heavy atom. The molecule has 0 saturated heterocycles. The fourth-order valence-electron chi connectivity index (χ4n) is 2.21. The standard InChI is InChI=1S/C19H15FN2OS/c20-18-12-5-4-11-17(18)14-7-6-8-15(13-14)19(23)21-22-24-16-9-2-1-3-10-16/h1-13,22H,(H,21,23). The molecule has 0 aliphatic rings. The van der Waals surface area contributed by atoms with Gasteiger partial charge in [0.1, 0.15) is 5.82 Å². The third kappa shape index (κ3) is 4.01. The highest BCUT2D eigenvalue weighted by atomic mass is 32.2. The molecule has 0 fully saturated rings. The minimum atomic E-state index is -0.312. The topological polar surface area (TPSA) is 41.1 Å². The molecule has 0 bridgehead atoms. The lowest BCUT2D eigenvalue weighted by molar-refractivity contribution is 0.0947. The van der Waals surface area contributed by atoms with Gasteiger partial charge in [0.15, 0.2) is 0 Å². The van der Waals surface area contributed by atoms with Gasteiger partial charge in [0, 0.05) is 16.0 Å². The van der Waals surface area contributed by atoms with Crippen molar-refractivity contribution in [3.63, 3.8) is 0 Å². The molecule has 120 valence electrons. The number of hydrazine groups is 1. The molecular formula is C19H15FN2OS. The number of hydrogen-bond donors (Lipinski definition) is 2. The highest BCUT2D eigenvalue weighted by Crippen LogP contribution is 2.23. The van der Waals surface area contributed by atoms with Gasteiger partial charge < -0.3 is 0 Å². The lowest BCUT2D eigenvalue weighted by Gasteiger charge is -2.08. The summed E-state index contributed by atoms with van der Waals surface area (Å²) in [5.74, 6) is -0.593. The summed E-state index contributed by atoms with van der Waals surface area (Å²) < 4.78 is 13.9. The summed E-state index contributed by atoms with van der Waals surface area (Å²) in [5, 5.41) is 0. The number of nitrogens with one attached hydrogen (secondary N) is 2. The molecule has 0 saturated carbocycles. The van der Waals surface area contributed by atoms with E-state index >= 15 is 0 Å². The van der Waals surface area contributed by atoms with Crippen LogP contribution in [-0.2, 0) is 0 Å². The van der Waals surface area contributed by atoms with Crippen LogP contribution in [0.3, 0.4) is 0 Å². The maximum atomic E-state index is 13.9. The number of rotatable bonds is 5. The lowest BCUT2D eigenvalue weighted by atomic mass is 10.0. The third-order valence-electron chi connectivity index (χ3n) is 3.39. The summed E-state index contributed by atoms with van der Waals surface area (Å²) in [7, 11) is 0. The first kappa shape index (κ1) is 16.2. The Balaban J connectivity index is 1.67. The van der Waals surface area contributed by atoms with E-state index in [1.165, 1.54) is 18.0 Å². The minimum absolute atomic E-state index is 0.281. The fourth-order valence-corrected chi connectivity index (χ4v) is 2.77. The predicted octanol–water partition coefficient (Wildman–Crippen LogP) is 4.43. The highest BCUT2D eigenvalue weighted by Gasteiger charge is 2.09. The van der Waals surface area contributed by atoms with Gasteiger partial charge in [-0.15, -0.1) is 0 Å². The molecule has 24 heavy (non-hydrogen) atoms. The summed E-state index contributed by atoms with van der Waals surface area (Å²) in [6.45, 7) is 0. The van der Waals surface area contributed by atoms with Gasteiger partial charge in [0.25, 0.3) is 5.91 Å². The van der Waals surface area contributed by atoms with E-state index in [9.17, 15) is 9.18 Å². The van der Waals surface area contributed by atoms with Crippen molar-refractivity contribution in [2.24, 2.45) is 0 Å². The second-order valence-electron chi connectivity index (χ2n) is 5.03. The Morgan fingerprint density at radius 3 is 2.42 bits per heavy atom. The average Bonchev–Trinajstić information content (AvgIpc) is 2.63. The third-order valence-corrected chi connectivity index (χ3v) is 4.10. The number of carbonyl (C=O) groups is 1. The molecule has 3 aromatic rings. The van der Waals surface area contributed by atoms with Gasteiger partial charge in [-0.05, 0) is 47.8 Å². The first-order chi connectivity index (χ1) is 11.7. The normalized spacial score (nSPS) is 10.4. The Bertz CT molecular complexity index is 840. The van der Waals surface area contributed by atoms with E-state index in [0.29, 0.717) is 16.7 Å². The molecule has 0 aromatic heterocycles. The van der Waals surface area contributed by atoms with E-state index < -0.39 is 0 Å². The minimum Gasteiger partial charge on any atom is -0.277 e. The van der Waals surface area contributed by atoms with Crippen LogP contribution in [0.15, 0.2) is 83.8 Å². The summed E-state index contributed by atoms with van der Waals surface area (Å²) in [4.78, 5) is 16.0. The van der Waals surface area contributed by atoms with Crippen LogP contribution < -0.4 is 10.3 Å². The van der Waals surface area contributed by atoms with Crippen LogP contribution in [0.2, 0.25) is 0 Å². The van der Waals surface area contributed by atoms with Gasteiger partial charge >= 0.3 is 0 Å². The van der Waals surface area contributed by atoms with E-state index in [1.54, 1.807) is 42.5 Å². The molecule has 0 heterocycles. The van der Waals surface area contributed by atoms with E-state index in [1.807, 2.05) is 30.3 Å². The number of benzene rings is 3. The Labute approximate surface area is 144 Å². The lowest BCUT2D eigenvalue weighted by Crippen LogP contribution is -2.32. The van der Waals surface area contributed by atoms with E-state index in [4.69, 9.17) is 0 Å². The van der Waals surface area contributed by atoms with Crippen LogP contribution in [0.5, 0.6) is 0 Å². The number of hydrogen-bond acceptors (Lipinski definition) is 3. The van der Waals surface area contributed by atoms with Crippen molar-refractivity contribution in [2.45, 2.75) is 4.90 Å². The van der Waals surface area contributed by atoms with Crippen molar-refractivity contribution < 1.29 is 9.18 Å². The van der Waals surface area contributed by atoms with Crippen molar-refractivity contribution in [3.05, 3.63) is 90.2 Å². The molecular weight excluding hydrogens is 323 g/mol.